The summed E-state index contributed by atoms with van der Waals surface area (Å²) in [5.74, 6) is -1.91. The quantitative estimate of drug-likeness (QED) is 0.438. The van der Waals surface area contributed by atoms with E-state index >= 15 is 0 Å². The number of carbonyl (C=O) groups is 3. The van der Waals surface area contributed by atoms with Gasteiger partial charge in [-0.1, -0.05) is 18.2 Å². The van der Waals surface area contributed by atoms with Crippen LogP contribution in [-0.2, 0) is 14.4 Å². The predicted octanol–water partition coefficient (Wildman–Crippen LogP) is 1.97. The second-order valence-electron chi connectivity index (χ2n) is 8.42. The number of aryl methyl sites for hydroxylation is 2. The van der Waals surface area contributed by atoms with Gasteiger partial charge in [0.2, 0.25) is 11.8 Å². The number of likely N-dealkylation sites (tertiary alicyclic amines) is 1. The molecule has 1 aliphatic rings. The number of amides is 3. The van der Waals surface area contributed by atoms with Crippen LogP contribution in [0, 0.1) is 25.1 Å². The second kappa shape index (κ2) is 10.4. The van der Waals surface area contributed by atoms with Gasteiger partial charge in [0.25, 0.3) is 5.91 Å². The van der Waals surface area contributed by atoms with Crippen LogP contribution < -0.4 is 16.4 Å². The molecule has 1 aromatic carbocycles. The molecule has 3 rings (SSSR count). The molecule has 1 aliphatic heterocycles. The van der Waals surface area contributed by atoms with E-state index in [1.54, 1.807) is 39.0 Å². The molecule has 5 N–H and O–H groups in total. The normalized spacial score (nSPS) is 16.1. The van der Waals surface area contributed by atoms with E-state index in [1.165, 1.54) is 17.2 Å². The minimum Gasteiger partial charge on any atom is -0.374 e. The largest absolute Gasteiger partial charge is 0.374 e. The molecular weight excluding hydrogens is 439 g/mol. The lowest BCUT2D eigenvalue weighted by Gasteiger charge is -2.26. The van der Waals surface area contributed by atoms with Gasteiger partial charge >= 0.3 is 0 Å². The summed E-state index contributed by atoms with van der Waals surface area (Å²) in [4.78, 5) is 43.0. The molecule has 0 radical (unpaired) electrons. The summed E-state index contributed by atoms with van der Waals surface area (Å²) in [5, 5.41) is 13.6. The minimum atomic E-state index is -0.893. The van der Waals surface area contributed by atoms with Crippen molar-refractivity contribution >= 4 is 29.1 Å². The molecule has 1 fully saturated rings. The Morgan fingerprint density at radius 1 is 1.32 bits per heavy atom. The van der Waals surface area contributed by atoms with Gasteiger partial charge in [-0.3, -0.25) is 24.8 Å². The van der Waals surface area contributed by atoms with Crippen LogP contribution in [0.3, 0.4) is 0 Å². The fourth-order valence-electron chi connectivity index (χ4n) is 4.04. The molecular formula is C24H29FN6O3. The summed E-state index contributed by atoms with van der Waals surface area (Å²) in [5.41, 5.74) is 6.90. The van der Waals surface area contributed by atoms with E-state index in [9.17, 15) is 18.8 Å². The Kier molecular flexibility index (Phi) is 7.60. The van der Waals surface area contributed by atoms with Crippen LogP contribution in [0.4, 0.5) is 10.1 Å². The number of hydrogen-bond donors (Lipinski definition) is 4. The molecule has 3 amide bonds. The molecule has 0 spiro atoms. The highest BCUT2D eigenvalue weighted by atomic mass is 19.1. The summed E-state index contributed by atoms with van der Waals surface area (Å²) in [6.45, 7) is 5.34. The van der Waals surface area contributed by atoms with E-state index in [-0.39, 0.29) is 29.7 Å². The number of nitrogens with zero attached hydrogens (tertiary/aromatic N) is 2. The monoisotopic (exact) mass is 468 g/mol. The van der Waals surface area contributed by atoms with Crippen molar-refractivity contribution < 1.29 is 18.8 Å². The Morgan fingerprint density at radius 2 is 2.06 bits per heavy atom. The van der Waals surface area contributed by atoms with Gasteiger partial charge in [-0.25, -0.2) is 4.39 Å². The van der Waals surface area contributed by atoms with Crippen molar-refractivity contribution in [2.45, 2.75) is 45.7 Å². The summed E-state index contributed by atoms with van der Waals surface area (Å²) in [7, 11) is 0. The van der Waals surface area contributed by atoms with Gasteiger partial charge in [-0.05, 0) is 45.2 Å². The van der Waals surface area contributed by atoms with E-state index < -0.39 is 23.7 Å². The van der Waals surface area contributed by atoms with E-state index in [0.29, 0.717) is 41.9 Å². The smallest absolute Gasteiger partial charge is 0.267 e. The number of anilines is 1. The molecule has 0 saturated carbocycles. The van der Waals surface area contributed by atoms with E-state index in [2.05, 4.69) is 15.6 Å². The molecule has 2 heterocycles. The van der Waals surface area contributed by atoms with Crippen molar-refractivity contribution in [2.24, 2.45) is 5.73 Å². The van der Waals surface area contributed by atoms with E-state index in [1.807, 2.05) is 0 Å². The first kappa shape index (κ1) is 24.8. The Morgan fingerprint density at radius 3 is 2.76 bits per heavy atom. The van der Waals surface area contributed by atoms with Crippen LogP contribution in [0.15, 0.2) is 30.5 Å². The molecule has 9 nitrogen and oxygen atoms in total. The van der Waals surface area contributed by atoms with Crippen molar-refractivity contribution in [1.82, 2.24) is 15.2 Å². The Labute approximate surface area is 197 Å². The van der Waals surface area contributed by atoms with Crippen LogP contribution in [0.25, 0.3) is 0 Å². The van der Waals surface area contributed by atoms with Gasteiger partial charge in [-0.15, -0.1) is 0 Å². The Hall–Kier alpha value is -3.82. The average molecular weight is 469 g/mol. The molecule has 1 saturated heterocycles. The van der Waals surface area contributed by atoms with Gasteiger partial charge in [-0.2, -0.15) is 0 Å². The first-order valence-electron chi connectivity index (χ1n) is 11.0. The predicted molar refractivity (Wildman–Crippen MR) is 126 cm³/mol. The number of nitrogens with two attached hydrogens (primary N) is 1. The second-order valence-corrected chi connectivity index (χ2v) is 8.42. The van der Waals surface area contributed by atoms with Gasteiger partial charge in [0.1, 0.15) is 17.6 Å². The van der Waals surface area contributed by atoms with Crippen LogP contribution in [0.1, 0.15) is 48.2 Å². The molecule has 180 valence electrons. The molecule has 0 bridgehead atoms. The van der Waals surface area contributed by atoms with Crippen LogP contribution in [0.5, 0.6) is 0 Å². The number of carbonyl (C=O) groups excluding carboxylic acids is 3. The van der Waals surface area contributed by atoms with Gasteiger partial charge in [0, 0.05) is 23.4 Å². The third-order valence-electron chi connectivity index (χ3n) is 5.91. The summed E-state index contributed by atoms with van der Waals surface area (Å²) < 4.78 is 14.4. The average Bonchev–Trinajstić information content (AvgIpc) is 3.29. The third kappa shape index (κ3) is 5.38. The maximum atomic E-state index is 14.4. The fourth-order valence-corrected chi connectivity index (χ4v) is 4.04. The Bertz CT molecular complexity index is 1140. The minimum absolute atomic E-state index is 0.157. The number of aromatic nitrogens is 1. The molecule has 34 heavy (non-hydrogen) atoms. The van der Waals surface area contributed by atoms with Gasteiger partial charge in [0.15, 0.2) is 0 Å². The summed E-state index contributed by atoms with van der Waals surface area (Å²) in [6, 6.07) is 5.36. The zero-order chi connectivity index (χ0) is 25.0. The van der Waals surface area contributed by atoms with Crippen molar-refractivity contribution in [2.75, 3.05) is 18.4 Å². The number of rotatable bonds is 8. The zero-order valence-electron chi connectivity index (χ0n) is 19.4. The standard InChI is InChI=1S/C24H29FN6O3/c1-13-6-4-7-16(21(13)25)15(3)30-24(34)19-8-5-9-31(19)20(32)12-29-18-11-28-14(2)10-17(18)22(26)23(27)33/h4,6-7,10-11,15,19,26,29H,5,8-9,12H2,1-3H3,(H2,27,33)(H,30,34). The highest BCUT2D eigenvalue weighted by Gasteiger charge is 2.34. The molecule has 0 aliphatic carbocycles. The van der Waals surface area contributed by atoms with Crippen LogP contribution in [-0.4, -0.2) is 52.4 Å². The van der Waals surface area contributed by atoms with Gasteiger partial charge in [0.05, 0.1) is 24.5 Å². The molecule has 1 aromatic heterocycles. The number of pyridine rings is 1. The lowest BCUT2D eigenvalue weighted by molar-refractivity contribution is -0.137. The van der Waals surface area contributed by atoms with Crippen molar-refractivity contribution in [1.29, 1.82) is 5.41 Å². The molecule has 2 atom stereocenters. The SMILES string of the molecule is Cc1cc(C(=N)C(N)=O)c(NCC(=O)N2CCCC2C(=O)NC(C)c2cccc(C)c2F)cn1. The summed E-state index contributed by atoms with van der Waals surface area (Å²) in [6.07, 6.45) is 2.60. The lowest BCUT2D eigenvalue weighted by atomic mass is 10.0. The fraction of sp³-hybridized carbons (Fsp3) is 0.375. The Balaban J connectivity index is 1.67. The van der Waals surface area contributed by atoms with E-state index in [4.69, 9.17) is 11.1 Å². The number of primary amides is 1. The van der Waals surface area contributed by atoms with Gasteiger partial charge < -0.3 is 21.3 Å². The zero-order valence-corrected chi connectivity index (χ0v) is 19.4. The first-order valence-corrected chi connectivity index (χ1v) is 11.0. The first-order chi connectivity index (χ1) is 16.1. The van der Waals surface area contributed by atoms with E-state index in [0.717, 1.165) is 0 Å². The lowest BCUT2D eigenvalue weighted by Crippen LogP contribution is -2.48. The van der Waals surface area contributed by atoms with Crippen molar-refractivity contribution in [3.63, 3.8) is 0 Å². The number of hydrogen-bond acceptors (Lipinski definition) is 6. The highest BCUT2D eigenvalue weighted by molar-refractivity contribution is 6.44. The van der Waals surface area contributed by atoms with Crippen molar-refractivity contribution in [3.05, 3.63) is 58.7 Å². The topological polar surface area (TPSA) is 141 Å². The third-order valence-corrected chi connectivity index (χ3v) is 5.91. The maximum Gasteiger partial charge on any atom is 0.267 e. The number of halogens is 1. The molecule has 10 heteroatoms. The summed E-state index contributed by atoms with van der Waals surface area (Å²) >= 11 is 0. The highest BCUT2D eigenvalue weighted by Crippen LogP contribution is 2.23. The molecule has 2 unspecified atom stereocenters. The number of nitrogens with one attached hydrogen (secondary N) is 3. The van der Waals surface area contributed by atoms with Crippen LogP contribution in [0.2, 0.25) is 0 Å². The van der Waals surface area contributed by atoms with Crippen LogP contribution >= 0.6 is 0 Å². The number of benzene rings is 1. The van der Waals surface area contributed by atoms with Crippen molar-refractivity contribution in [3.8, 4) is 0 Å². The molecule has 2 aromatic rings. The maximum absolute atomic E-state index is 14.4.